The minimum absolute atomic E-state index is 0.112. The van der Waals surface area contributed by atoms with Gasteiger partial charge in [0.05, 0.1) is 0 Å². The molecule has 0 bridgehead atoms. The zero-order valence-electron chi connectivity index (χ0n) is 9.63. The first-order valence-corrected chi connectivity index (χ1v) is 5.75. The molecule has 1 saturated heterocycles. The molecule has 0 amide bonds. The molecule has 0 saturated carbocycles. The molecule has 3 heteroatoms. The monoisotopic (exact) mass is 223 g/mol. The highest BCUT2D eigenvalue weighted by Crippen LogP contribution is 2.34. The maximum Gasteiger partial charge on any atom is 0.123 e. The Hall–Kier alpha value is -0.930. The zero-order chi connectivity index (χ0) is 11.4. The smallest absolute Gasteiger partial charge is 0.123 e. The third kappa shape index (κ3) is 2.25. The number of likely N-dealkylation sites (N-methyl/N-ethyl adjacent to an activating group) is 1. The van der Waals surface area contributed by atoms with Crippen molar-refractivity contribution in [3.8, 4) is 0 Å². The summed E-state index contributed by atoms with van der Waals surface area (Å²) >= 11 is 0. The summed E-state index contributed by atoms with van der Waals surface area (Å²) in [7, 11) is 1.96. The number of rotatable bonds is 3. The van der Waals surface area contributed by atoms with Crippen LogP contribution in [0, 0.1) is 5.82 Å². The van der Waals surface area contributed by atoms with E-state index in [-0.39, 0.29) is 11.2 Å². The molecule has 16 heavy (non-hydrogen) atoms. The van der Waals surface area contributed by atoms with Crippen molar-refractivity contribution >= 4 is 0 Å². The Morgan fingerprint density at radius 1 is 1.25 bits per heavy atom. The van der Waals surface area contributed by atoms with Gasteiger partial charge in [0.2, 0.25) is 0 Å². The van der Waals surface area contributed by atoms with Crippen molar-refractivity contribution < 1.29 is 9.13 Å². The maximum absolute atomic E-state index is 12.9. The van der Waals surface area contributed by atoms with Gasteiger partial charge in [0.25, 0.3) is 0 Å². The molecule has 0 unspecified atom stereocenters. The summed E-state index contributed by atoms with van der Waals surface area (Å²) in [4.78, 5) is 0. The Morgan fingerprint density at radius 2 is 1.88 bits per heavy atom. The van der Waals surface area contributed by atoms with Crippen molar-refractivity contribution in [2.75, 3.05) is 26.8 Å². The van der Waals surface area contributed by atoms with Gasteiger partial charge in [0, 0.05) is 25.2 Å². The van der Waals surface area contributed by atoms with E-state index in [9.17, 15) is 4.39 Å². The van der Waals surface area contributed by atoms with Crippen LogP contribution in [0.15, 0.2) is 24.3 Å². The first kappa shape index (κ1) is 11.6. The molecule has 0 aromatic heterocycles. The summed E-state index contributed by atoms with van der Waals surface area (Å²) < 4.78 is 18.3. The van der Waals surface area contributed by atoms with Gasteiger partial charge in [-0.05, 0) is 37.6 Å². The Morgan fingerprint density at radius 3 is 2.44 bits per heavy atom. The van der Waals surface area contributed by atoms with Crippen molar-refractivity contribution in [1.29, 1.82) is 0 Å². The lowest BCUT2D eigenvalue weighted by Crippen LogP contribution is -2.41. The van der Waals surface area contributed by atoms with Gasteiger partial charge in [-0.2, -0.15) is 0 Å². The molecule has 1 aromatic rings. The highest BCUT2D eigenvalue weighted by molar-refractivity contribution is 5.27. The van der Waals surface area contributed by atoms with Crippen LogP contribution in [0.4, 0.5) is 4.39 Å². The van der Waals surface area contributed by atoms with Gasteiger partial charge in [-0.15, -0.1) is 0 Å². The van der Waals surface area contributed by atoms with E-state index in [0.29, 0.717) is 0 Å². The Kier molecular flexibility index (Phi) is 3.56. The summed E-state index contributed by atoms with van der Waals surface area (Å²) in [6.45, 7) is 2.50. The number of ether oxygens (including phenoxy) is 1. The summed E-state index contributed by atoms with van der Waals surface area (Å²) in [5.41, 5.74) is 1.33. The number of benzene rings is 1. The van der Waals surface area contributed by atoms with Crippen LogP contribution >= 0.6 is 0 Å². The molecule has 88 valence electrons. The van der Waals surface area contributed by atoms with Crippen molar-refractivity contribution in [3.63, 3.8) is 0 Å². The second-order valence-electron chi connectivity index (χ2n) is 4.43. The van der Waals surface area contributed by atoms with Crippen molar-refractivity contribution in [3.05, 3.63) is 35.6 Å². The molecular weight excluding hydrogens is 205 g/mol. The molecule has 0 radical (unpaired) electrons. The fraction of sp³-hybridized carbons (Fsp3) is 0.538. The average Bonchev–Trinajstić information content (AvgIpc) is 2.31. The number of hydrogen-bond donors (Lipinski definition) is 1. The van der Waals surface area contributed by atoms with Gasteiger partial charge in [-0.25, -0.2) is 4.39 Å². The van der Waals surface area contributed by atoms with Gasteiger partial charge in [-0.1, -0.05) is 12.1 Å². The van der Waals surface area contributed by atoms with Crippen LogP contribution in [0.1, 0.15) is 18.4 Å². The zero-order valence-corrected chi connectivity index (χ0v) is 9.63. The minimum atomic E-state index is -0.171. The fourth-order valence-electron chi connectivity index (χ4n) is 2.47. The van der Waals surface area contributed by atoms with Gasteiger partial charge in [0.15, 0.2) is 0 Å². The van der Waals surface area contributed by atoms with Crippen molar-refractivity contribution in [1.82, 2.24) is 5.32 Å². The summed E-state index contributed by atoms with van der Waals surface area (Å²) in [6.07, 6.45) is 2.00. The SMILES string of the molecule is CNCC1(c2ccc(F)cc2)CCOCC1. The van der Waals surface area contributed by atoms with Crippen LogP contribution in [-0.2, 0) is 10.2 Å². The average molecular weight is 223 g/mol. The van der Waals surface area contributed by atoms with E-state index in [2.05, 4.69) is 5.32 Å². The topological polar surface area (TPSA) is 21.3 Å². The van der Waals surface area contributed by atoms with Gasteiger partial charge in [0.1, 0.15) is 5.82 Å². The predicted octanol–water partition coefficient (Wildman–Crippen LogP) is 2.09. The Balaban J connectivity index is 2.26. The summed E-state index contributed by atoms with van der Waals surface area (Å²) in [6, 6.07) is 6.89. The van der Waals surface area contributed by atoms with Crippen LogP contribution in [0.2, 0.25) is 0 Å². The highest BCUT2D eigenvalue weighted by Gasteiger charge is 2.33. The lowest BCUT2D eigenvalue weighted by molar-refractivity contribution is 0.0505. The molecule has 1 N–H and O–H groups in total. The summed E-state index contributed by atoms with van der Waals surface area (Å²) in [5.74, 6) is -0.171. The molecule has 1 aromatic carbocycles. The predicted molar refractivity (Wildman–Crippen MR) is 62.1 cm³/mol. The van der Waals surface area contributed by atoms with E-state index in [1.165, 1.54) is 5.56 Å². The molecule has 0 atom stereocenters. The van der Waals surface area contributed by atoms with Gasteiger partial charge >= 0.3 is 0 Å². The van der Waals surface area contributed by atoms with Gasteiger partial charge in [-0.3, -0.25) is 0 Å². The third-order valence-corrected chi connectivity index (χ3v) is 3.42. The minimum Gasteiger partial charge on any atom is -0.381 e. The molecule has 0 aliphatic carbocycles. The van der Waals surface area contributed by atoms with Crippen LogP contribution < -0.4 is 5.32 Å². The van der Waals surface area contributed by atoms with Crippen molar-refractivity contribution in [2.24, 2.45) is 0 Å². The van der Waals surface area contributed by atoms with Crippen LogP contribution in [0.3, 0.4) is 0 Å². The van der Waals surface area contributed by atoms with Gasteiger partial charge < -0.3 is 10.1 Å². The number of halogens is 1. The maximum atomic E-state index is 12.9. The highest BCUT2D eigenvalue weighted by atomic mass is 19.1. The van der Waals surface area contributed by atoms with Crippen LogP contribution in [0.5, 0.6) is 0 Å². The first-order chi connectivity index (χ1) is 7.77. The molecule has 0 spiro atoms. The fourth-order valence-corrected chi connectivity index (χ4v) is 2.47. The van der Waals surface area contributed by atoms with E-state index >= 15 is 0 Å². The molecule has 1 heterocycles. The standard InChI is InChI=1S/C13H18FNO/c1-15-10-13(6-8-16-9-7-13)11-2-4-12(14)5-3-11/h2-5,15H,6-10H2,1H3. The van der Waals surface area contributed by atoms with E-state index < -0.39 is 0 Å². The molecule has 2 nitrogen and oxygen atoms in total. The van der Waals surface area contributed by atoms with E-state index in [0.717, 1.165) is 32.6 Å². The van der Waals surface area contributed by atoms with E-state index in [4.69, 9.17) is 4.74 Å². The van der Waals surface area contributed by atoms with E-state index in [1.54, 1.807) is 12.1 Å². The molecule has 1 aliphatic heterocycles. The molecule has 1 fully saturated rings. The van der Waals surface area contributed by atoms with E-state index in [1.807, 2.05) is 19.2 Å². The number of nitrogens with one attached hydrogen (secondary N) is 1. The second-order valence-corrected chi connectivity index (χ2v) is 4.43. The third-order valence-electron chi connectivity index (χ3n) is 3.42. The largest absolute Gasteiger partial charge is 0.381 e. The molecule has 2 rings (SSSR count). The molecular formula is C13H18FNO. The molecule has 1 aliphatic rings. The first-order valence-electron chi connectivity index (χ1n) is 5.75. The Bertz CT molecular complexity index is 325. The van der Waals surface area contributed by atoms with Crippen LogP contribution in [-0.4, -0.2) is 26.8 Å². The summed E-state index contributed by atoms with van der Waals surface area (Å²) in [5, 5.41) is 3.24. The quantitative estimate of drug-likeness (QED) is 0.847. The Labute approximate surface area is 95.8 Å². The number of hydrogen-bond acceptors (Lipinski definition) is 2. The lowest BCUT2D eigenvalue weighted by Gasteiger charge is -2.37. The van der Waals surface area contributed by atoms with Crippen LogP contribution in [0.25, 0.3) is 0 Å². The lowest BCUT2D eigenvalue weighted by atomic mass is 9.74. The normalized spacial score (nSPS) is 19.6. The van der Waals surface area contributed by atoms with Crippen molar-refractivity contribution in [2.45, 2.75) is 18.3 Å². The second kappa shape index (κ2) is 4.93.